The fourth-order valence-electron chi connectivity index (χ4n) is 2.22. The van der Waals surface area contributed by atoms with Crippen molar-refractivity contribution in [1.29, 1.82) is 5.26 Å². The molecule has 0 amide bonds. The molecule has 21 heavy (non-hydrogen) atoms. The van der Waals surface area contributed by atoms with Crippen LogP contribution in [0.3, 0.4) is 0 Å². The minimum Gasteiger partial charge on any atom is -0.478 e. The van der Waals surface area contributed by atoms with Gasteiger partial charge in [-0.3, -0.25) is 0 Å². The Hall–Kier alpha value is -3.07. The van der Waals surface area contributed by atoms with Crippen molar-refractivity contribution in [2.24, 2.45) is 0 Å². The highest BCUT2D eigenvalue weighted by atomic mass is 16.5. The molecule has 6 nitrogen and oxygen atoms in total. The third-order valence-corrected chi connectivity index (χ3v) is 3.20. The number of aromatic nitrogens is 1. The highest BCUT2D eigenvalue weighted by Crippen LogP contribution is 2.37. The number of anilines is 2. The number of hydrogen-bond acceptors (Lipinski definition) is 5. The Balaban J connectivity index is 2.08. The number of nitrogens with zero attached hydrogens (tertiary/aromatic N) is 3. The molecule has 1 atom stereocenters. The number of nitriles is 1. The van der Waals surface area contributed by atoms with Gasteiger partial charge in [0.2, 0.25) is 6.10 Å². The number of benzene rings is 1. The third-order valence-electron chi connectivity index (χ3n) is 3.20. The summed E-state index contributed by atoms with van der Waals surface area (Å²) in [5, 5.41) is 18.2. The van der Waals surface area contributed by atoms with Crippen LogP contribution in [0, 0.1) is 11.3 Å². The molecule has 2 heterocycles. The average molecular weight is 281 g/mol. The van der Waals surface area contributed by atoms with Crippen LogP contribution >= 0.6 is 0 Å². The number of hydrogen-bond donors (Lipinski definition) is 1. The lowest BCUT2D eigenvalue weighted by Crippen LogP contribution is -2.42. The Bertz CT molecular complexity index is 739. The molecule has 0 saturated heterocycles. The van der Waals surface area contributed by atoms with Crippen LogP contribution in [-0.4, -0.2) is 28.7 Å². The van der Waals surface area contributed by atoms with Crippen molar-refractivity contribution < 1.29 is 14.6 Å². The van der Waals surface area contributed by atoms with Gasteiger partial charge < -0.3 is 14.7 Å². The number of para-hydroxylation sites is 2. The smallest absolute Gasteiger partial charge is 0.346 e. The zero-order valence-electron chi connectivity index (χ0n) is 10.9. The Labute approximate surface area is 120 Å². The van der Waals surface area contributed by atoms with E-state index in [1.807, 2.05) is 12.1 Å². The number of carbonyl (C=O) groups is 1. The lowest BCUT2D eigenvalue weighted by molar-refractivity contribution is -0.144. The Kier molecular flexibility index (Phi) is 3.16. The van der Waals surface area contributed by atoms with E-state index in [1.54, 1.807) is 29.2 Å². The molecule has 1 N–H and O–H groups in total. The quantitative estimate of drug-likeness (QED) is 0.905. The van der Waals surface area contributed by atoms with E-state index < -0.39 is 12.1 Å². The first-order valence-electron chi connectivity index (χ1n) is 6.31. The van der Waals surface area contributed by atoms with Gasteiger partial charge >= 0.3 is 5.97 Å². The minimum absolute atomic E-state index is 0.133. The van der Waals surface area contributed by atoms with Crippen LogP contribution in [-0.2, 0) is 4.79 Å². The topological polar surface area (TPSA) is 86.5 Å². The number of ether oxygens (including phenoxy) is 1. The van der Waals surface area contributed by atoms with E-state index >= 15 is 0 Å². The van der Waals surface area contributed by atoms with Gasteiger partial charge in [-0.15, -0.1) is 0 Å². The van der Waals surface area contributed by atoms with E-state index in [4.69, 9.17) is 10.00 Å². The zero-order chi connectivity index (χ0) is 14.8. The first-order chi connectivity index (χ1) is 10.2. The van der Waals surface area contributed by atoms with Gasteiger partial charge in [0.15, 0.2) is 0 Å². The fourth-order valence-corrected chi connectivity index (χ4v) is 2.22. The van der Waals surface area contributed by atoms with Crippen molar-refractivity contribution in [2.45, 2.75) is 6.10 Å². The SMILES string of the molecule is N#Cc1ccnc(N2CC(C(=O)O)Oc3ccccc32)c1. The van der Waals surface area contributed by atoms with E-state index in [0.717, 1.165) is 5.69 Å². The molecule has 1 aromatic heterocycles. The molecule has 0 saturated carbocycles. The van der Waals surface area contributed by atoms with Crippen LogP contribution in [0.4, 0.5) is 11.5 Å². The Morgan fingerprint density at radius 3 is 3.00 bits per heavy atom. The van der Waals surface area contributed by atoms with Crippen LogP contribution in [0.1, 0.15) is 5.56 Å². The predicted octanol–water partition coefficient (Wildman–Crippen LogP) is 1.94. The normalized spacial score (nSPS) is 16.5. The molecule has 1 aromatic carbocycles. The van der Waals surface area contributed by atoms with Crippen LogP contribution in [0.2, 0.25) is 0 Å². The van der Waals surface area contributed by atoms with Crippen molar-refractivity contribution in [3.8, 4) is 11.8 Å². The summed E-state index contributed by atoms with van der Waals surface area (Å²) in [5.41, 5.74) is 1.20. The maximum Gasteiger partial charge on any atom is 0.346 e. The monoisotopic (exact) mass is 281 g/mol. The maximum atomic E-state index is 11.2. The average Bonchev–Trinajstić information content (AvgIpc) is 2.53. The molecular formula is C15H11N3O3. The number of fused-ring (bicyclic) bond motifs is 1. The van der Waals surface area contributed by atoms with Crippen molar-refractivity contribution in [3.05, 3.63) is 48.2 Å². The van der Waals surface area contributed by atoms with E-state index in [1.165, 1.54) is 6.20 Å². The third kappa shape index (κ3) is 2.37. The van der Waals surface area contributed by atoms with E-state index in [0.29, 0.717) is 17.1 Å². The summed E-state index contributed by atoms with van der Waals surface area (Å²) in [6.07, 6.45) is 0.550. The van der Waals surface area contributed by atoms with Gasteiger partial charge in [0.25, 0.3) is 0 Å². The molecule has 0 aliphatic carbocycles. The number of carboxylic acids is 1. The molecule has 1 unspecified atom stereocenters. The van der Waals surface area contributed by atoms with Crippen molar-refractivity contribution in [3.63, 3.8) is 0 Å². The van der Waals surface area contributed by atoms with Gasteiger partial charge in [0.1, 0.15) is 11.6 Å². The molecule has 0 radical (unpaired) electrons. The highest BCUT2D eigenvalue weighted by molar-refractivity contribution is 5.78. The zero-order valence-corrected chi connectivity index (χ0v) is 10.9. The summed E-state index contributed by atoms with van der Waals surface area (Å²) in [4.78, 5) is 17.2. The molecule has 0 fully saturated rings. The molecule has 6 heteroatoms. The van der Waals surface area contributed by atoms with Gasteiger partial charge in [-0.25, -0.2) is 9.78 Å². The number of pyridine rings is 1. The summed E-state index contributed by atoms with van der Waals surface area (Å²) in [6, 6.07) is 12.4. The molecule has 104 valence electrons. The molecule has 0 bridgehead atoms. The Morgan fingerprint density at radius 2 is 2.24 bits per heavy atom. The van der Waals surface area contributed by atoms with E-state index in [2.05, 4.69) is 11.1 Å². The molecule has 1 aliphatic heterocycles. The number of aliphatic carboxylic acids is 1. The van der Waals surface area contributed by atoms with Crippen LogP contribution in [0.15, 0.2) is 42.6 Å². The molecule has 2 aromatic rings. The molecule has 3 rings (SSSR count). The summed E-state index contributed by atoms with van der Waals surface area (Å²) >= 11 is 0. The van der Waals surface area contributed by atoms with E-state index in [-0.39, 0.29) is 6.54 Å². The van der Waals surface area contributed by atoms with Crippen LogP contribution in [0.25, 0.3) is 0 Å². The molecular weight excluding hydrogens is 270 g/mol. The van der Waals surface area contributed by atoms with Gasteiger partial charge in [0, 0.05) is 6.20 Å². The molecule has 0 spiro atoms. The number of rotatable bonds is 2. The largest absolute Gasteiger partial charge is 0.478 e. The van der Waals surface area contributed by atoms with Crippen LogP contribution in [0.5, 0.6) is 5.75 Å². The van der Waals surface area contributed by atoms with E-state index in [9.17, 15) is 9.90 Å². The van der Waals surface area contributed by atoms with Gasteiger partial charge in [-0.2, -0.15) is 5.26 Å². The lowest BCUT2D eigenvalue weighted by atomic mass is 10.1. The molecule has 1 aliphatic rings. The predicted molar refractivity (Wildman–Crippen MR) is 74.5 cm³/mol. The second kappa shape index (κ2) is 5.13. The summed E-state index contributed by atoms with van der Waals surface area (Å²) in [6.45, 7) is 0.133. The minimum atomic E-state index is -1.04. The highest BCUT2D eigenvalue weighted by Gasteiger charge is 2.31. The first-order valence-corrected chi connectivity index (χ1v) is 6.31. The fraction of sp³-hybridized carbons (Fsp3) is 0.133. The van der Waals surface area contributed by atoms with Crippen molar-refractivity contribution in [1.82, 2.24) is 4.98 Å². The summed E-state index contributed by atoms with van der Waals surface area (Å²) in [7, 11) is 0. The standard InChI is InChI=1S/C15H11N3O3/c16-8-10-5-6-17-14(7-10)18-9-13(15(19)20)21-12-4-2-1-3-11(12)18/h1-7,13H,9H2,(H,19,20). The Morgan fingerprint density at radius 1 is 1.43 bits per heavy atom. The number of carboxylic acid groups (broad SMARTS) is 1. The first kappa shape index (κ1) is 12.9. The maximum absolute atomic E-state index is 11.2. The second-order valence-corrected chi connectivity index (χ2v) is 4.54. The van der Waals surface area contributed by atoms with Gasteiger partial charge in [0.05, 0.1) is 23.9 Å². The van der Waals surface area contributed by atoms with Gasteiger partial charge in [-0.05, 0) is 24.3 Å². The summed E-state index contributed by atoms with van der Waals surface area (Å²) < 4.78 is 5.47. The summed E-state index contributed by atoms with van der Waals surface area (Å²) in [5.74, 6) is -0.0256. The van der Waals surface area contributed by atoms with Crippen molar-refractivity contribution >= 4 is 17.5 Å². The lowest BCUT2D eigenvalue weighted by Gasteiger charge is -2.33. The van der Waals surface area contributed by atoms with Crippen molar-refractivity contribution in [2.75, 3.05) is 11.4 Å². The second-order valence-electron chi connectivity index (χ2n) is 4.54. The van der Waals surface area contributed by atoms with Crippen LogP contribution < -0.4 is 9.64 Å². The van der Waals surface area contributed by atoms with Gasteiger partial charge in [-0.1, -0.05) is 12.1 Å².